The smallest absolute Gasteiger partial charge is 0.369 e. The number of rotatable bonds is 6. The summed E-state index contributed by atoms with van der Waals surface area (Å²) in [6.45, 7) is 1.60. The zero-order valence-corrected chi connectivity index (χ0v) is 16.3. The lowest BCUT2D eigenvalue weighted by molar-refractivity contribution is -0.142. The lowest BCUT2D eigenvalue weighted by Crippen LogP contribution is -2.27. The molecule has 1 aromatic carbocycles. The number of nitrogens with one attached hydrogen (secondary N) is 1. The van der Waals surface area contributed by atoms with Gasteiger partial charge in [-0.25, -0.2) is 4.98 Å². The number of hydrogen-bond acceptors (Lipinski definition) is 4. The van der Waals surface area contributed by atoms with Crippen molar-refractivity contribution in [2.75, 3.05) is 0 Å². The molecule has 160 valence electrons. The lowest BCUT2D eigenvalue weighted by atomic mass is 9.84. The normalized spacial score (nSPS) is 13.8. The third-order valence-electron chi connectivity index (χ3n) is 5.02. The van der Waals surface area contributed by atoms with E-state index in [0.29, 0.717) is 5.56 Å². The van der Waals surface area contributed by atoms with Crippen molar-refractivity contribution in [3.63, 3.8) is 0 Å². The second-order valence-electron chi connectivity index (χ2n) is 7.08. The van der Waals surface area contributed by atoms with E-state index in [2.05, 4.69) is 15.1 Å². The fourth-order valence-corrected chi connectivity index (χ4v) is 3.52. The molecule has 4 aromatic rings. The standard InChI is InChI=1S/C21H18F3N5O2/c1-12(19(20(25)30)14-5-6-15-13(10-14)7-9-26-15)16-11-17(21(22,23)24)28-29(16)31-18-4-2-3-8-27-18/h2-12,19,26H,1H3,(H2,25,30). The summed E-state index contributed by atoms with van der Waals surface area (Å²) in [5.41, 5.74) is 6.00. The molecule has 0 spiro atoms. The summed E-state index contributed by atoms with van der Waals surface area (Å²) in [6, 6.07) is 12.7. The first-order valence-electron chi connectivity index (χ1n) is 9.37. The maximum atomic E-state index is 13.4. The summed E-state index contributed by atoms with van der Waals surface area (Å²) >= 11 is 0. The summed E-state index contributed by atoms with van der Waals surface area (Å²) in [5.74, 6) is -2.32. The maximum absolute atomic E-state index is 13.4. The van der Waals surface area contributed by atoms with Crippen LogP contribution in [0.25, 0.3) is 10.9 Å². The number of halogens is 3. The predicted molar refractivity (Wildman–Crippen MR) is 106 cm³/mol. The number of alkyl halides is 3. The number of carbonyl (C=O) groups is 1. The number of H-pyrrole nitrogens is 1. The van der Waals surface area contributed by atoms with Crippen LogP contribution in [-0.2, 0) is 11.0 Å². The number of aromatic amines is 1. The zero-order chi connectivity index (χ0) is 22.2. The first kappa shape index (κ1) is 20.5. The highest BCUT2D eigenvalue weighted by molar-refractivity contribution is 5.86. The van der Waals surface area contributed by atoms with Gasteiger partial charge in [-0.1, -0.05) is 23.9 Å². The van der Waals surface area contributed by atoms with Gasteiger partial charge in [0.2, 0.25) is 11.8 Å². The Kier molecular flexibility index (Phi) is 5.14. The van der Waals surface area contributed by atoms with E-state index in [-0.39, 0.29) is 11.6 Å². The summed E-state index contributed by atoms with van der Waals surface area (Å²) in [6.07, 6.45) is -1.51. The van der Waals surface area contributed by atoms with Crippen LogP contribution < -0.4 is 10.6 Å². The van der Waals surface area contributed by atoms with Crippen LogP contribution in [0.15, 0.2) is 60.9 Å². The molecule has 3 aromatic heterocycles. The minimum absolute atomic E-state index is 0.0379. The quantitative estimate of drug-likeness (QED) is 0.484. The van der Waals surface area contributed by atoms with Crippen LogP contribution in [0.2, 0.25) is 0 Å². The van der Waals surface area contributed by atoms with E-state index in [1.807, 2.05) is 6.07 Å². The second kappa shape index (κ2) is 7.78. The molecule has 2 unspecified atom stereocenters. The van der Waals surface area contributed by atoms with Crippen LogP contribution >= 0.6 is 0 Å². The largest absolute Gasteiger partial charge is 0.435 e. The highest BCUT2D eigenvalue weighted by Crippen LogP contribution is 2.37. The van der Waals surface area contributed by atoms with Gasteiger partial charge in [0, 0.05) is 29.9 Å². The average Bonchev–Trinajstić information content (AvgIpc) is 3.35. The van der Waals surface area contributed by atoms with Gasteiger partial charge in [-0.15, -0.1) is 5.10 Å². The van der Waals surface area contributed by atoms with Crippen molar-refractivity contribution < 1.29 is 22.8 Å². The number of hydrogen-bond donors (Lipinski definition) is 2. The van der Waals surface area contributed by atoms with Crippen molar-refractivity contribution in [3.05, 3.63) is 77.9 Å². The molecular formula is C21H18F3N5O2. The molecule has 2 atom stereocenters. The van der Waals surface area contributed by atoms with Gasteiger partial charge in [-0.2, -0.15) is 13.2 Å². The summed E-state index contributed by atoms with van der Waals surface area (Å²) in [7, 11) is 0. The Morgan fingerprint density at radius 3 is 2.68 bits per heavy atom. The Hall–Kier alpha value is -3.82. The SMILES string of the molecule is CC(c1cc(C(F)(F)F)nn1Oc1ccccn1)C(C(N)=O)c1ccc2[nH]ccc2c1. The van der Waals surface area contributed by atoms with Crippen LogP contribution in [0.1, 0.15) is 35.7 Å². The van der Waals surface area contributed by atoms with Gasteiger partial charge < -0.3 is 15.6 Å². The molecule has 0 aliphatic heterocycles. The van der Waals surface area contributed by atoms with Crippen LogP contribution in [0.5, 0.6) is 5.88 Å². The minimum Gasteiger partial charge on any atom is -0.369 e. The van der Waals surface area contributed by atoms with Crippen LogP contribution in [0.4, 0.5) is 13.2 Å². The fraction of sp³-hybridized carbons (Fsp3) is 0.190. The van der Waals surface area contributed by atoms with Crippen LogP contribution in [0.3, 0.4) is 0 Å². The first-order valence-corrected chi connectivity index (χ1v) is 9.37. The predicted octanol–water partition coefficient (Wildman–Crippen LogP) is 3.99. The van der Waals surface area contributed by atoms with E-state index in [0.717, 1.165) is 21.8 Å². The van der Waals surface area contributed by atoms with Gasteiger partial charge in [0.1, 0.15) is 0 Å². The molecule has 3 N–H and O–H groups in total. The Morgan fingerprint density at radius 1 is 1.19 bits per heavy atom. The van der Waals surface area contributed by atoms with Crippen molar-refractivity contribution >= 4 is 16.8 Å². The topological polar surface area (TPSA) is 98.8 Å². The van der Waals surface area contributed by atoms with E-state index < -0.39 is 29.6 Å². The molecule has 31 heavy (non-hydrogen) atoms. The fourth-order valence-electron chi connectivity index (χ4n) is 3.52. The molecule has 0 aliphatic rings. The molecule has 3 heterocycles. The van der Waals surface area contributed by atoms with Gasteiger partial charge in [0.25, 0.3) is 0 Å². The van der Waals surface area contributed by atoms with Crippen molar-refractivity contribution in [2.45, 2.75) is 24.9 Å². The van der Waals surface area contributed by atoms with Crippen molar-refractivity contribution in [3.8, 4) is 5.88 Å². The Balaban J connectivity index is 1.77. The van der Waals surface area contributed by atoms with Gasteiger partial charge >= 0.3 is 6.18 Å². The Bertz CT molecular complexity index is 1220. The van der Waals surface area contributed by atoms with Crippen molar-refractivity contribution in [2.24, 2.45) is 5.73 Å². The third-order valence-corrected chi connectivity index (χ3v) is 5.02. The van der Waals surface area contributed by atoms with Crippen LogP contribution in [-0.4, -0.2) is 25.8 Å². The number of amides is 1. The van der Waals surface area contributed by atoms with Gasteiger partial charge in [0.05, 0.1) is 11.6 Å². The lowest BCUT2D eigenvalue weighted by Gasteiger charge is -2.22. The molecular weight excluding hydrogens is 411 g/mol. The number of nitrogens with zero attached hydrogens (tertiary/aromatic N) is 3. The summed E-state index contributed by atoms with van der Waals surface area (Å²) in [4.78, 5) is 25.6. The molecule has 1 amide bonds. The van der Waals surface area contributed by atoms with Crippen molar-refractivity contribution in [1.29, 1.82) is 0 Å². The van der Waals surface area contributed by atoms with E-state index in [9.17, 15) is 18.0 Å². The van der Waals surface area contributed by atoms with E-state index in [1.54, 1.807) is 43.5 Å². The average molecular weight is 429 g/mol. The van der Waals surface area contributed by atoms with Crippen molar-refractivity contribution in [1.82, 2.24) is 19.9 Å². The number of fused-ring (bicyclic) bond motifs is 1. The molecule has 0 fully saturated rings. The highest BCUT2D eigenvalue weighted by atomic mass is 19.4. The molecule has 0 aliphatic carbocycles. The first-order chi connectivity index (χ1) is 14.7. The summed E-state index contributed by atoms with van der Waals surface area (Å²) in [5, 5.41) is 4.40. The van der Waals surface area contributed by atoms with E-state index in [1.165, 1.54) is 12.3 Å². The molecule has 4 rings (SSSR count). The number of nitrogens with two attached hydrogens (primary N) is 1. The minimum atomic E-state index is -4.69. The zero-order valence-electron chi connectivity index (χ0n) is 16.3. The number of carbonyl (C=O) groups excluding carboxylic acids is 1. The molecule has 0 saturated carbocycles. The maximum Gasteiger partial charge on any atom is 0.435 e. The Morgan fingerprint density at radius 2 is 2.00 bits per heavy atom. The van der Waals surface area contributed by atoms with E-state index in [4.69, 9.17) is 10.6 Å². The third kappa shape index (κ3) is 4.09. The Labute approximate surface area is 174 Å². The molecule has 10 heteroatoms. The van der Waals surface area contributed by atoms with Gasteiger partial charge in [0.15, 0.2) is 5.69 Å². The molecule has 0 saturated heterocycles. The molecule has 7 nitrogen and oxygen atoms in total. The molecule has 0 radical (unpaired) electrons. The summed E-state index contributed by atoms with van der Waals surface area (Å²) < 4.78 is 40.1. The van der Waals surface area contributed by atoms with Crippen LogP contribution in [0, 0.1) is 0 Å². The highest BCUT2D eigenvalue weighted by Gasteiger charge is 2.38. The van der Waals surface area contributed by atoms with E-state index >= 15 is 0 Å². The monoisotopic (exact) mass is 429 g/mol. The number of benzene rings is 1. The van der Waals surface area contributed by atoms with Gasteiger partial charge in [-0.3, -0.25) is 4.79 Å². The number of pyridine rings is 1. The number of aromatic nitrogens is 4. The molecule has 0 bridgehead atoms. The van der Waals surface area contributed by atoms with Gasteiger partial charge in [-0.05, 0) is 41.3 Å². The number of primary amides is 1. The second-order valence-corrected chi connectivity index (χ2v) is 7.08.